The summed E-state index contributed by atoms with van der Waals surface area (Å²) in [6, 6.07) is 7.52. The molecule has 0 amide bonds. The molecule has 3 aliphatic carbocycles. The van der Waals surface area contributed by atoms with E-state index in [1.54, 1.807) is 16.7 Å². The second-order valence-corrected chi connectivity index (χ2v) is 11.9. The zero-order valence-electron chi connectivity index (χ0n) is 22.0. The van der Waals surface area contributed by atoms with Crippen LogP contribution in [0.15, 0.2) is 18.2 Å². The minimum Gasteiger partial charge on any atom is -0.378 e. The second kappa shape index (κ2) is 13.3. The van der Waals surface area contributed by atoms with Gasteiger partial charge < -0.3 is 4.74 Å². The highest BCUT2D eigenvalue weighted by molar-refractivity contribution is 5.34. The van der Waals surface area contributed by atoms with E-state index in [1.807, 2.05) is 0 Å². The van der Waals surface area contributed by atoms with Crippen LogP contribution in [0.3, 0.4) is 0 Å². The third-order valence-corrected chi connectivity index (χ3v) is 9.48. The summed E-state index contributed by atoms with van der Waals surface area (Å²) < 4.78 is 6.31. The van der Waals surface area contributed by atoms with Crippen LogP contribution in [-0.4, -0.2) is 12.7 Å². The van der Waals surface area contributed by atoms with Crippen LogP contribution in [-0.2, 0) is 24.0 Å². The molecule has 186 valence electrons. The molecular weight excluding hydrogens is 400 g/mol. The van der Waals surface area contributed by atoms with Gasteiger partial charge in [-0.1, -0.05) is 70.6 Å². The van der Waals surface area contributed by atoms with Crippen molar-refractivity contribution in [3.63, 3.8) is 0 Å². The van der Waals surface area contributed by atoms with Crippen LogP contribution in [0.1, 0.15) is 127 Å². The highest BCUT2D eigenvalue weighted by atomic mass is 16.5. The van der Waals surface area contributed by atoms with Crippen LogP contribution < -0.4 is 0 Å². The molecule has 1 aromatic carbocycles. The van der Waals surface area contributed by atoms with Crippen molar-refractivity contribution in [3.05, 3.63) is 34.9 Å². The maximum atomic E-state index is 6.31. The smallest absolute Gasteiger partial charge is 0.0578 e. The Morgan fingerprint density at radius 2 is 1.42 bits per heavy atom. The minimum absolute atomic E-state index is 0.571. The van der Waals surface area contributed by atoms with E-state index in [2.05, 4.69) is 32.0 Å². The molecule has 2 fully saturated rings. The van der Waals surface area contributed by atoms with Gasteiger partial charge in [0.15, 0.2) is 0 Å². The predicted molar refractivity (Wildman–Crippen MR) is 142 cm³/mol. The van der Waals surface area contributed by atoms with Crippen LogP contribution in [0.5, 0.6) is 0 Å². The number of benzene rings is 1. The quantitative estimate of drug-likeness (QED) is 0.287. The van der Waals surface area contributed by atoms with Gasteiger partial charge in [-0.25, -0.2) is 0 Å². The highest BCUT2D eigenvalue weighted by Gasteiger charge is 2.38. The lowest BCUT2D eigenvalue weighted by Gasteiger charge is -2.45. The van der Waals surface area contributed by atoms with Crippen LogP contribution >= 0.6 is 0 Å². The lowest BCUT2D eigenvalue weighted by Crippen LogP contribution is -2.37. The van der Waals surface area contributed by atoms with E-state index in [4.69, 9.17) is 4.74 Å². The van der Waals surface area contributed by atoms with Crippen LogP contribution in [0.4, 0.5) is 0 Å². The normalized spacial score (nSPS) is 29.5. The molecule has 0 bridgehead atoms. The molecule has 2 saturated carbocycles. The molecule has 3 aliphatic rings. The summed E-state index contributed by atoms with van der Waals surface area (Å²) in [5.74, 6) is 3.89. The number of ether oxygens (including phenoxy) is 1. The molecule has 5 unspecified atom stereocenters. The second-order valence-electron chi connectivity index (χ2n) is 11.9. The fraction of sp³-hybridized carbons (Fsp3) is 0.812. The molecule has 0 saturated heterocycles. The molecule has 0 spiro atoms. The van der Waals surface area contributed by atoms with Crippen molar-refractivity contribution in [2.24, 2.45) is 23.7 Å². The maximum absolute atomic E-state index is 6.31. The van der Waals surface area contributed by atoms with E-state index in [0.717, 1.165) is 30.3 Å². The molecule has 0 aromatic heterocycles. The van der Waals surface area contributed by atoms with Crippen LogP contribution in [0.25, 0.3) is 0 Å². The van der Waals surface area contributed by atoms with Gasteiger partial charge in [-0.3, -0.25) is 0 Å². The molecule has 33 heavy (non-hydrogen) atoms. The number of hydrogen-bond acceptors (Lipinski definition) is 1. The summed E-state index contributed by atoms with van der Waals surface area (Å²) >= 11 is 0. The zero-order valence-corrected chi connectivity index (χ0v) is 22.0. The van der Waals surface area contributed by atoms with Crippen molar-refractivity contribution in [2.45, 2.75) is 136 Å². The summed E-state index contributed by atoms with van der Waals surface area (Å²) in [5.41, 5.74) is 4.96. The SMILES string of the molecule is CCCCCCOC1CCC2CC(C3CCc4cc(CCCCCC)ccc4C3)CCC2C1. The summed E-state index contributed by atoms with van der Waals surface area (Å²) in [7, 11) is 0. The topological polar surface area (TPSA) is 9.23 Å². The summed E-state index contributed by atoms with van der Waals surface area (Å²) in [5, 5.41) is 0. The molecule has 0 aliphatic heterocycles. The fourth-order valence-corrected chi connectivity index (χ4v) is 7.39. The van der Waals surface area contributed by atoms with Gasteiger partial charge in [-0.15, -0.1) is 0 Å². The van der Waals surface area contributed by atoms with Gasteiger partial charge in [0.25, 0.3) is 0 Å². The lowest BCUT2D eigenvalue weighted by atomic mass is 9.62. The zero-order chi connectivity index (χ0) is 22.9. The fourth-order valence-electron chi connectivity index (χ4n) is 7.39. The Morgan fingerprint density at radius 3 is 2.24 bits per heavy atom. The Labute approximate surface area is 205 Å². The number of fused-ring (bicyclic) bond motifs is 2. The molecule has 1 heteroatoms. The van der Waals surface area contributed by atoms with Crippen LogP contribution in [0, 0.1) is 23.7 Å². The minimum atomic E-state index is 0.571. The Balaban J connectivity index is 1.21. The van der Waals surface area contributed by atoms with Crippen LogP contribution in [0.2, 0.25) is 0 Å². The van der Waals surface area contributed by atoms with Gasteiger partial charge in [0.1, 0.15) is 0 Å². The Hall–Kier alpha value is -0.820. The molecule has 1 aromatic rings. The van der Waals surface area contributed by atoms with E-state index in [9.17, 15) is 0 Å². The third-order valence-electron chi connectivity index (χ3n) is 9.48. The predicted octanol–water partition coefficient (Wildman–Crippen LogP) is 9.10. The summed E-state index contributed by atoms with van der Waals surface area (Å²) in [6.45, 7) is 5.60. The average molecular weight is 453 g/mol. The van der Waals surface area contributed by atoms with Gasteiger partial charge >= 0.3 is 0 Å². The Kier molecular flexibility index (Phi) is 10.2. The molecule has 5 atom stereocenters. The van der Waals surface area contributed by atoms with Gasteiger partial charge in [-0.05, 0) is 117 Å². The average Bonchev–Trinajstić information content (AvgIpc) is 2.86. The van der Waals surface area contributed by atoms with E-state index >= 15 is 0 Å². The molecule has 0 radical (unpaired) electrons. The molecule has 0 N–H and O–H groups in total. The first-order valence-electron chi connectivity index (χ1n) is 15.0. The van der Waals surface area contributed by atoms with Crippen molar-refractivity contribution in [2.75, 3.05) is 6.61 Å². The van der Waals surface area contributed by atoms with E-state index in [-0.39, 0.29) is 0 Å². The maximum Gasteiger partial charge on any atom is 0.0578 e. The third kappa shape index (κ3) is 7.33. The van der Waals surface area contributed by atoms with E-state index < -0.39 is 0 Å². The largest absolute Gasteiger partial charge is 0.378 e. The number of hydrogen-bond donors (Lipinski definition) is 0. The van der Waals surface area contributed by atoms with Crippen molar-refractivity contribution >= 4 is 0 Å². The van der Waals surface area contributed by atoms with Crippen molar-refractivity contribution in [1.29, 1.82) is 0 Å². The van der Waals surface area contributed by atoms with E-state index in [1.165, 1.54) is 116 Å². The Morgan fingerprint density at radius 1 is 0.697 bits per heavy atom. The molecule has 4 rings (SSSR count). The van der Waals surface area contributed by atoms with Crippen molar-refractivity contribution in [3.8, 4) is 0 Å². The van der Waals surface area contributed by atoms with E-state index in [0.29, 0.717) is 6.10 Å². The molecule has 1 nitrogen and oxygen atoms in total. The van der Waals surface area contributed by atoms with Gasteiger partial charge in [0, 0.05) is 6.61 Å². The number of aryl methyl sites for hydroxylation is 2. The highest BCUT2D eigenvalue weighted by Crippen LogP contribution is 2.47. The van der Waals surface area contributed by atoms with Crippen molar-refractivity contribution < 1.29 is 4.74 Å². The van der Waals surface area contributed by atoms with Gasteiger partial charge in [-0.2, -0.15) is 0 Å². The standard InChI is InChI=1S/C32H52O/c1-3-5-7-9-11-25-12-13-27-22-28(15-14-26(27)21-25)29-16-17-31-24-32(19-18-30(31)23-29)33-20-10-8-6-4-2/h12-13,21,28-32H,3-11,14-20,22-24H2,1-2H3. The molecule has 0 heterocycles. The monoisotopic (exact) mass is 452 g/mol. The summed E-state index contributed by atoms with van der Waals surface area (Å²) in [4.78, 5) is 0. The number of rotatable bonds is 12. The van der Waals surface area contributed by atoms with Gasteiger partial charge in [0.05, 0.1) is 6.10 Å². The first kappa shape index (κ1) is 25.3. The number of unbranched alkanes of at least 4 members (excludes halogenated alkanes) is 6. The molecular formula is C32H52O. The lowest BCUT2D eigenvalue weighted by molar-refractivity contribution is -0.0250. The first-order chi connectivity index (χ1) is 16.3. The summed E-state index contributed by atoms with van der Waals surface area (Å²) in [6.07, 6.45) is 25.4. The first-order valence-corrected chi connectivity index (χ1v) is 15.0. The Bertz CT molecular complexity index is 694. The van der Waals surface area contributed by atoms with Gasteiger partial charge in [0.2, 0.25) is 0 Å². The van der Waals surface area contributed by atoms with Crippen molar-refractivity contribution in [1.82, 2.24) is 0 Å².